The van der Waals surface area contributed by atoms with Crippen molar-refractivity contribution in [2.45, 2.75) is 52.4 Å². The van der Waals surface area contributed by atoms with Gasteiger partial charge >= 0.3 is 0 Å². The van der Waals surface area contributed by atoms with Crippen molar-refractivity contribution in [2.75, 3.05) is 24.5 Å². The van der Waals surface area contributed by atoms with E-state index in [2.05, 4.69) is 49.2 Å². The van der Waals surface area contributed by atoms with Crippen LogP contribution in [0.2, 0.25) is 0 Å². The van der Waals surface area contributed by atoms with Crippen molar-refractivity contribution in [2.24, 2.45) is 5.92 Å². The Kier molecular flexibility index (Phi) is 4.51. The molecule has 2 bridgehead atoms. The number of hydrogen-bond acceptors (Lipinski definition) is 3. The monoisotopic (exact) mass is 288 g/mol. The van der Waals surface area contributed by atoms with Gasteiger partial charge in [0.2, 0.25) is 0 Å². The smallest absolute Gasteiger partial charge is 0.0755 e. The largest absolute Gasteiger partial charge is 0.371 e. The van der Waals surface area contributed by atoms with Crippen molar-refractivity contribution in [3.05, 3.63) is 29.3 Å². The van der Waals surface area contributed by atoms with E-state index < -0.39 is 0 Å². The summed E-state index contributed by atoms with van der Waals surface area (Å²) in [6.07, 6.45) is 3.35. The molecular formula is C18H28N2O. The molecule has 0 spiro atoms. The van der Waals surface area contributed by atoms with E-state index in [1.807, 2.05) is 0 Å². The van der Waals surface area contributed by atoms with Gasteiger partial charge in [0.1, 0.15) is 0 Å². The number of nitrogens with zero attached hydrogens (tertiary/aromatic N) is 1. The van der Waals surface area contributed by atoms with Gasteiger partial charge in [-0.15, -0.1) is 0 Å². The Labute approximate surface area is 128 Å². The molecule has 1 N–H and O–H groups in total. The summed E-state index contributed by atoms with van der Waals surface area (Å²) in [7, 11) is 0. The summed E-state index contributed by atoms with van der Waals surface area (Å²) in [6.45, 7) is 10.8. The van der Waals surface area contributed by atoms with Crippen molar-refractivity contribution in [3.8, 4) is 0 Å². The molecule has 1 aromatic carbocycles. The molecule has 2 unspecified atom stereocenters. The molecule has 2 saturated heterocycles. The second-order valence-electron chi connectivity index (χ2n) is 7.02. The number of fused-ring (bicyclic) bond motifs is 2. The highest BCUT2D eigenvalue weighted by molar-refractivity contribution is 5.55. The fraction of sp³-hybridized carbons (Fsp3) is 0.667. The van der Waals surface area contributed by atoms with Crippen LogP contribution in [-0.2, 0) is 11.3 Å². The van der Waals surface area contributed by atoms with E-state index in [1.54, 1.807) is 0 Å². The van der Waals surface area contributed by atoms with Crippen LogP contribution in [0.4, 0.5) is 5.69 Å². The SMILES string of the molecule is Cc1ccc(N2CC3CCC(C2)O3)c(CNCC(C)C)c1. The average Bonchev–Trinajstić information content (AvgIpc) is 2.77. The van der Waals surface area contributed by atoms with E-state index in [4.69, 9.17) is 4.74 Å². The lowest BCUT2D eigenvalue weighted by atomic mass is 10.1. The van der Waals surface area contributed by atoms with E-state index in [0.717, 1.165) is 26.2 Å². The van der Waals surface area contributed by atoms with Gasteiger partial charge in [-0.3, -0.25) is 0 Å². The maximum atomic E-state index is 5.97. The van der Waals surface area contributed by atoms with Crippen molar-refractivity contribution in [1.29, 1.82) is 0 Å². The third kappa shape index (κ3) is 3.58. The Morgan fingerprint density at radius 1 is 1.24 bits per heavy atom. The molecule has 2 heterocycles. The van der Waals surface area contributed by atoms with Crippen LogP contribution in [0.15, 0.2) is 18.2 Å². The van der Waals surface area contributed by atoms with Gasteiger partial charge in [0, 0.05) is 25.3 Å². The third-order valence-electron chi connectivity index (χ3n) is 4.49. The highest BCUT2D eigenvalue weighted by Crippen LogP contribution is 2.31. The zero-order valence-electron chi connectivity index (χ0n) is 13.6. The molecule has 2 aliphatic heterocycles. The summed E-state index contributed by atoms with van der Waals surface area (Å²) in [5, 5.41) is 3.59. The maximum absolute atomic E-state index is 5.97. The first-order valence-electron chi connectivity index (χ1n) is 8.32. The Balaban J connectivity index is 1.74. The highest BCUT2D eigenvalue weighted by atomic mass is 16.5. The quantitative estimate of drug-likeness (QED) is 0.901. The number of rotatable bonds is 5. The number of aryl methyl sites for hydroxylation is 1. The van der Waals surface area contributed by atoms with Crippen molar-refractivity contribution < 1.29 is 4.74 Å². The molecule has 2 atom stereocenters. The number of anilines is 1. The molecule has 3 heteroatoms. The maximum Gasteiger partial charge on any atom is 0.0755 e. The Morgan fingerprint density at radius 2 is 1.95 bits per heavy atom. The van der Waals surface area contributed by atoms with Gasteiger partial charge in [0.15, 0.2) is 0 Å². The average molecular weight is 288 g/mol. The summed E-state index contributed by atoms with van der Waals surface area (Å²) in [6, 6.07) is 6.87. The number of nitrogens with one attached hydrogen (secondary N) is 1. The minimum atomic E-state index is 0.446. The normalized spacial score (nSPS) is 24.9. The van der Waals surface area contributed by atoms with E-state index in [0.29, 0.717) is 18.1 Å². The molecule has 0 saturated carbocycles. The summed E-state index contributed by atoms with van der Waals surface area (Å²) < 4.78 is 5.97. The summed E-state index contributed by atoms with van der Waals surface area (Å²) in [5.41, 5.74) is 4.17. The molecule has 0 aromatic heterocycles. The standard InChI is InChI=1S/C18H28N2O/c1-13(2)9-19-10-15-8-14(3)4-7-18(15)20-11-16-5-6-17(12-20)21-16/h4,7-8,13,16-17,19H,5-6,9-12H2,1-3H3. The van der Waals surface area contributed by atoms with Gasteiger partial charge in [0.05, 0.1) is 12.2 Å². The predicted octanol–water partition coefficient (Wildman–Crippen LogP) is 3.11. The van der Waals surface area contributed by atoms with Gasteiger partial charge in [0.25, 0.3) is 0 Å². The second kappa shape index (κ2) is 6.37. The molecule has 21 heavy (non-hydrogen) atoms. The van der Waals surface area contributed by atoms with Crippen LogP contribution in [0.25, 0.3) is 0 Å². The lowest BCUT2D eigenvalue weighted by Crippen LogP contribution is -2.43. The van der Waals surface area contributed by atoms with E-state index in [-0.39, 0.29) is 0 Å². The van der Waals surface area contributed by atoms with Gasteiger partial charge in [-0.2, -0.15) is 0 Å². The molecule has 2 aliphatic rings. The van der Waals surface area contributed by atoms with Crippen LogP contribution in [-0.4, -0.2) is 31.8 Å². The predicted molar refractivity (Wildman–Crippen MR) is 87.8 cm³/mol. The molecular weight excluding hydrogens is 260 g/mol. The minimum Gasteiger partial charge on any atom is -0.371 e. The van der Waals surface area contributed by atoms with Crippen molar-refractivity contribution in [1.82, 2.24) is 5.32 Å². The molecule has 0 amide bonds. The molecule has 116 valence electrons. The Bertz CT molecular complexity index is 474. The van der Waals surface area contributed by atoms with Gasteiger partial charge < -0.3 is 15.0 Å². The lowest BCUT2D eigenvalue weighted by molar-refractivity contribution is 0.0304. The third-order valence-corrected chi connectivity index (χ3v) is 4.49. The van der Waals surface area contributed by atoms with Crippen molar-refractivity contribution in [3.63, 3.8) is 0 Å². The number of hydrogen-bond donors (Lipinski definition) is 1. The molecule has 0 aliphatic carbocycles. The molecule has 1 aromatic rings. The van der Waals surface area contributed by atoms with E-state index in [9.17, 15) is 0 Å². The zero-order valence-corrected chi connectivity index (χ0v) is 13.6. The number of morpholine rings is 1. The Morgan fingerprint density at radius 3 is 2.62 bits per heavy atom. The molecule has 3 rings (SSSR count). The Hall–Kier alpha value is -1.06. The minimum absolute atomic E-state index is 0.446. The zero-order chi connectivity index (χ0) is 14.8. The van der Waals surface area contributed by atoms with Gasteiger partial charge in [-0.05, 0) is 43.9 Å². The molecule has 2 fully saturated rings. The molecule has 3 nitrogen and oxygen atoms in total. The van der Waals surface area contributed by atoms with Crippen LogP contribution in [0.5, 0.6) is 0 Å². The highest BCUT2D eigenvalue weighted by Gasteiger charge is 2.34. The topological polar surface area (TPSA) is 24.5 Å². The number of ether oxygens (including phenoxy) is 1. The first-order valence-corrected chi connectivity index (χ1v) is 8.32. The summed E-state index contributed by atoms with van der Waals surface area (Å²) in [5.74, 6) is 0.692. The van der Waals surface area contributed by atoms with Crippen molar-refractivity contribution >= 4 is 5.69 Å². The number of benzene rings is 1. The van der Waals surface area contributed by atoms with E-state index >= 15 is 0 Å². The fourth-order valence-corrected chi connectivity index (χ4v) is 3.47. The fourth-order valence-electron chi connectivity index (χ4n) is 3.47. The molecule has 0 radical (unpaired) electrons. The lowest BCUT2D eigenvalue weighted by Gasteiger charge is -2.35. The van der Waals surface area contributed by atoms with Crippen LogP contribution >= 0.6 is 0 Å². The first kappa shape index (κ1) is 14.9. The van der Waals surface area contributed by atoms with Gasteiger partial charge in [-0.25, -0.2) is 0 Å². The van der Waals surface area contributed by atoms with Gasteiger partial charge in [-0.1, -0.05) is 31.5 Å². The van der Waals surface area contributed by atoms with Crippen LogP contribution in [0, 0.1) is 12.8 Å². The van der Waals surface area contributed by atoms with Crippen LogP contribution < -0.4 is 10.2 Å². The summed E-state index contributed by atoms with van der Waals surface area (Å²) >= 11 is 0. The second-order valence-corrected chi connectivity index (χ2v) is 7.02. The first-order chi connectivity index (χ1) is 10.1. The van der Waals surface area contributed by atoms with E-state index in [1.165, 1.54) is 29.7 Å². The van der Waals surface area contributed by atoms with Crippen LogP contribution in [0.3, 0.4) is 0 Å². The summed E-state index contributed by atoms with van der Waals surface area (Å²) in [4.78, 5) is 2.54. The van der Waals surface area contributed by atoms with Crippen LogP contribution in [0.1, 0.15) is 37.8 Å².